The summed E-state index contributed by atoms with van der Waals surface area (Å²) >= 11 is 1.28. The molecule has 2 amide bonds. The van der Waals surface area contributed by atoms with Crippen LogP contribution in [0.4, 0.5) is 5.69 Å². The van der Waals surface area contributed by atoms with Gasteiger partial charge in [-0.25, -0.2) is 4.99 Å². The molecule has 3 aromatic rings. The smallest absolute Gasteiger partial charge is 0.283 e. The maximum atomic E-state index is 13.6. The van der Waals surface area contributed by atoms with Gasteiger partial charge < -0.3 is 10.1 Å². The summed E-state index contributed by atoms with van der Waals surface area (Å²) < 4.78 is 5.24. The van der Waals surface area contributed by atoms with Crippen LogP contribution in [0.2, 0.25) is 0 Å². The van der Waals surface area contributed by atoms with Gasteiger partial charge in [0, 0.05) is 0 Å². The van der Waals surface area contributed by atoms with Crippen LogP contribution in [0.15, 0.2) is 77.4 Å². The van der Waals surface area contributed by atoms with Crippen LogP contribution < -0.4 is 15.0 Å². The molecule has 1 unspecified atom stereocenters. The molecule has 1 atom stereocenters. The Bertz CT molecular complexity index is 1410. The Balaban J connectivity index is 1.37. The second-order valence-corrected chi connectivity index (χ2v) is 10.6. The first-order valence-electron chi connectivity index (χ1n) is 12.8. The Hall–Kier alpha value is -3.84. The molecular weight excluding hydrogens is 494 g/mol. The molecule has 0 spiro atoms. The van der Waals surface area contributed by atoms with Crippen molar-refractivity contribution in [3.05, 3.63) is 100 Å². The predicted octanol–water partition coefficient (Wildman–Crippen LogP) is 5.98. The van der Waals surface area contributed by atoms with Crippen LogP contribution in [-0.2, 0) is 16.0 Å². The number of carbonyl (C=O) groups is 2. The number of aliphatic imine (C=N–C) groups is 1. The molecule has 7 heteroatoms. The van der Waals surface area contributed by atoms with E-state index >= 15 is 0 Å². The number of anilines is 1. The molecular formula is C31H31N3O3S. The number of amidine groups is 1. The monoisotopic (exact) mass is 525 g/mol. The Kier molecular flexibility index (Phi) is 7.65. The van der Waals surface area contributed by atoms with Crippen molar-refractivity contribution in [3.8, 4) is 5.75 Å². The van der Waals surface area contributed by atoms with Crippen LogP contribution in [0.1, 0.15) is 46.7 Å². The van der Waals surface area contributed by atoms with E-state index in [-0.39, 0.29) is 23.6 Å². The van der Waals surface area contributed by atoms with Crippen molar-refractivity contribution in [2.24, 2.45) is 4.99 Å². The lowest BCUT2D eigenvalue weighted by atomic mass is 9.88. The molecule has 0 saturated carbocycles. The molecule has 0 fully saturated rings. The van der Waals surface area contributed by atoms with Crippen molar-refractivity contribution in [1.82, 2.24) is 5.32 Å². The van der Waals surface area contributed by atoms with Gasteiger partial charge in [-0.1, -0.05) is 54.2 Å². The van der Waals surface area contributed by atoms with Gasteiger partial charge in [0.25, 0.3) is 5.91 Å². The molecule has 0 aromatic heterocycles. The number of aryl methyl sites for hydroxylation is 3. The number of ether oxygens (including phenoxy) is 1. The van der Waals surface area contributed by atoms with E-state index in [1.807, 2.05) is 62.4 Å². The van der Waals surface area contributed by atoms with Crippen LogP contribution in [0.3, 0.4) is 0 Å². The molecule has 0 radical (unpaired) electrons. The van der Waals surface area contributed by atoms with E-state index in [4.69, 9.17) is 4.74 Å². The van der Waals surface area contributed by atoms with Crippen molar-refractivity contribution in [1.29, 1.82) is 0 Å². The van der Waals surface area contributed by atoms with E-state index in [1.54, 1.807) is 18.1 Å². The van der Waals surface area contributed by atoms with E-state index < -0.39 is 0 Å². The molecule has 3 aromatic carbocycles. The normalized spacial score (nSPS) is 17.8. The van der Waals surface area contributed by atoms with Crippen molar-refractivity contribution in [3.63, 3.8) is 0 Å². The number of amides is 2. The summed E-state index contributed by atoms with van der Waals surface area (Å²) in [6.07, 6.45) is 4.79. The standard InChI is InChI=1S/C31H31N3O3S/c1-20-15-21(2)17-24(16-20)34-30(36)28(18-22-11-13-25(37-3)14-12-22)33-31(34)38-19-29(35)32-27-10-6-8-23-7-4-5-9-26(23)27/h4-5,7,9,11-18,27H,6,8,10,19H2,1-3H3,(H,32,35)/b28-18-. The first-order valence-corrected chi connectivity index (χ1v) is 13.8. The summed E-state index contributed by atoms with van der Waals surface area (Å²) in [6, 6.07) is 21.8. The quantitative estimate of drug-likeness (QED) is 0.402. The predicted molar refractivity (Wildman–Crippen MR) is 155 cm³/mol. The number of nitrogens with zero attached hydrogens (tertiary/aromatic N) is 2. The highest BCUT2D eigenvalue weighted by atomic mass is 32.2. The summed E-state index contributed by atoms with van der Waals surface area (Å²) in [4.78, 5) is 32.9. The van der Waals surface area contributed by atoms with Gasteiger partial charge in [0.2, 0.25) is 5.91 Å². The minimum absolute atomic E-state index is 0.0150. The number of fused-ring (bicyclic) bond motifs is 1. The van der Waals surface area contributed by atoms with Gasteiger partial charge in [0.15, 0.2) is 5.17 Å². The molecule has 0 saturated heterocycles. The zero-order valence-corrected chi connectivity index (χ0v) is 22.7. The average Bonchev–Trinajstić information content (AvgIpc) is 3.22. The average molecular weight is 526 g/mol. The first-order chi connectivity index (χ1) is 18.4. The third-order valence-electron chi connectivity index (χ3n) is 6.75. The first kappa shape index (κ1) is 25.8. The molecule has 0 bridgehead atoms. The number of nitrogens with one attached hydrogen (secondary N) is 1. The van der Waals surface area contributed by atoms with E-state index in [0.717, 1.165) is 47.4 Å². The lowest BCUT2D eigenvalue weighted by Crippen LogP contribution is -2.34. The highest BCUT2D eigenvalue weighted by Crippen LogP contribution is 2.32. The van der Waals surface area contributed by atoms with E-state index in [9.17, 15) is 9.59 Å². The molecule has 5 rings (SSSR count). The third kappa shape index (κ3) is 5.68. The minimum Gasteiger partial charge on any atom is -0.497 e. The summed E-state index contributed by atoms with van der Waals surface area (Å²) in [6.45, 7) is 4.01. The van der Waals surface area contributed by atoms with Crippen LogP contribution in [-0.4, -0.2) is 29.8 Å². The molecule has 6 nitrogen and oxygen atoms in total. The lowest BCUT2D eigenvalue weighted by Gasteiger charge is -2.26. The topological polar surface area (TPSA) is 71.0 Å². The lowest BCUT2D eigenvalue weighted by molar-refractivity contribution is -0.119. The number of carbonyl (C=O) groups excluding carboxylic acids is 2. The van der Waals surface area contributed by atoms with Crippen molar-refractivity contribution < 1.29 is 14.3 Å². The number of hydrogen-bond acceptors (Lipinski definition) is 5. The third-order valence-corrected chi connectivity index (χ3v) is 7.69. The fourth-order valence-electron chi connectivity index (χ4n) is 5.03. The highest BCUT2D eigenvalue weighted by Gasteiger charge is 2.33. The molecule has 2 aliphatic rings. The van der Waals surface area contributed by atoms with Gasteiger partial charge in [-0.2, -0.15) is 0 Å². The zero-order chi connectivity index (χ0) is 26.6. The Morgan fingerprint density at radius 1 is 1.11 bits per heavy atom. The number of methoxy groups -OCH3 is 1. The Labute approximate surface area is 227 Å². The molecule has 1 aliphatic carbocycles. The number of rotatable bonds is 6. The fourth-order valence-corrected chi connectivity index (χ4v) is 5.85. The fraction of sp³-hybridized carbons (Fsp3) is 0.258. The largest absolute Gasteiger partial charge is 0.497 e. The van der Waals surface area contributed by atoms with E-state index in [1.165, 1.54) is 22.9 Å². The number of thioether (sulfide) groups is 1. The number of hydrogen-bond donors (Lipinski definition) is 1. The summed E-state index contributed by atoms with van der Waals surface area (Å²) in [5.41, 5.74) is 6.54. The summed E-state index contributed by atoms with van der Waals surface area (Å²) in [7, 11) is 1.62. The van der Waals surface area contributed by atoms with Crippen LogP contribution in [0, 0.1) is 13.8 Å². The van der Waals surface area contributed by atoms with E-state index in [0.29, 0.717) is 10.9 Å². The van der Waals surface area contributed by atoms with Crippen LogP contribution >= 0.6 is 11.8 Å². The molecule has 1 heterocycles. The van der Waals surface area contributed by atoms with Gasteiger partial charge in [0.05, 0.1) is 24.6 Å². The van der Waals surface area contributed by atoms with Crippen molar-refractivity contribution in [2.45, 2.75) is 39.2 Å². The molecule has 38 heavy (non-hydrogen) atoms. The Morgan fingerprint density at radius 3 is 2.58 bits per heavy atom. The van der Waals surface area contributed by atoms with Gasteiger partial charge in [0.1, 0.15) is 11.4 Å². The summed E-state index contributed by atoms with van der Waals surface area (Å²) in [5, 5.41) is 3.70. The maximum Gasteiger partial charge on any atom is 0.283 e. The maximum absolute atomic E-state index is 13.6. The minimum atomic E-state index is -0.213. The van der Waals surface area contributed by atoms with Gasteiger partial charge in [-0.05, 0) is 91.3 Å². The molecule has 194 valence electrons. The number of benzene rings is 3. The van der Waals surface area contributed by atoms with Gasteiger partial charge >= 0.3 is 0 Å². The second kappa shape index (κ2) is 11.3. The Morgan fingerprint density at radius 2 is 1.84 bits per heavy atom. The van der Waals surface area contributed by atoms with Crippen molar-refractivity contribution in [2.75, 3.05) is 17.8 Å². The van der Waals surface area contributed by atoms with E-state index in [2.05, 4.69) is 28.5 Å². The van der Waals surface area contributed by atoms with Crippen LogP contribution in [0.5, 0.6) is 5.75 Å². The second-order valence-electron chi connectivity index (χ2n) is 9.68. The summed E-state index contributed by atoms with van der Waals surface area (Å²) in [5.74, 6) is 0.630. The molecule has 1 N–H and O–H groups in total. The zero-order valence-electron chi connectivity index (χ0n) is 21.9. The van der Waals surface area contributed by atoms with Gasteiger partial charge in [-0.15, -0.1) is 0 Å². The van der Waals surface area contributed by atoms with Crippen LogP contribution in [0.25, 0.3) is 6.08 Å². The highest BCUT2D eigenvalue weighted by molar-refractivity contribution is 8.14. The van der Waals surface area contributed by atoms with Crippen molar-refractivity contribution >= 4 is 40.5 Å². The molecule has 1 aliphatic heterocycles. The SMILES string of the molecule is COc1ccc(/C=C2\N=C(SCC(=O)NC3CCCc4ccccc43)N(c3cc(C)cc(C)c3)C2=O)cc1. The van der Waals surface area contributed by atoms with Gasteiger partial charge in [-0.3, -0.25) is 14.5 Å².